The number of aromatic nitrogens is 1. The van der Waals surface area contributed by atoms with Gasteiger partial charge in [-0.15, -0.1) is 0 Å². The number of benzene rings is 2. The zero-order valence-corrected chi connectivity index (χ0v) is 25.6. The van der Waals surface area contributed by atoms with Gasteiger partial charge in [0.2, 0.25) is 11.8 Å². The SMILES string of the molecule is CC(=O)SC(CCCN1C(=O)c2ccccc2C1=O)C(=O)NC(CC(C)C)C(=O)N[C@@H](Cc1c[nH]c2ccccc12)C(=O)O. The van der Waals surface area contributed by atoms with Crippen molar-refractivity contribution in [1.82, 2.24) is 20.5 Å². The van der Waals surface area contributed by atoms with Gasteiger partial charge in [0.05, 0.1) is 16.4 Å². The van der Waals surface area contributed by atoms with Crippen LogP contribution in [0.2, 0.25) is 0 Å². The smallest absolute Gasteiger partial charge is 0.326 e. The maximum atomic E-state index is 13.4. The van der Waals surface area contributed by atoms with Crippen molar-refractivity contribution in [3.63, 3.8) is 0 Å². The molecule has 4 amide bonds. The van der Waals surface area contributed by atoms with Crippen molar-refractivity contribution in [3.05, 3.63) is 71.4 Å². The number of hydrogen-bond donors (Lipinski definition) is 4. The number of carbonyl (C=O) groups is 6. The first kappa shape index (κ1) is 32.5. The van der Waals surface area contributed by atoms with E-state index in [-0.39, 0.29) is 43.3 Å². The van der Waals surface area contributed by atoms with Crippen LogP contribution < -0.4 is 10.6 Å². The molecule has 232 valence electrons. The van der Waals surface area contributed by atoms with Crippen LogP contribution in [0.15, 0.2) is 54.7 Å². The summed E-state index contributed by atoms with van der Waals surface area (Å²) in [6.07, 6.45) is 2.41. The van der Waals surface area contributed by atoms with E-state index in [1.807, 2.05) is 38.1 Å². The number of carboxylic acids is 1. The van der Waals surface area contributed by atoms with Gasteiger partial charge >= 0.3 is 5.97 Å². The van der Waals surface area contributed by atoms with Crippen molar-refractivity contribution in [1.29, 1.82) is 0 Å². The van der Waals surface area contributed by atoms with Crippen molar-refractivity contribution in [3.8, 4) is 0 Å². The number of carboxylic acid groups (broad SMARTS) is 1. The maximum absolute atomic E-state index is 13.4. The molecule has 1 aromatic heterocycles. The molecule has 44 heavy (non-hydrogen) atoms. The first-order valence-corrected chi connectivity index (χ1v) is 15.3. The lowest BCUT2D eigenvalue weighted by Crippen LogP contribution is -2.54. The van der Waals surface area contributed by atoms with E-state index < -0.39 is 46.9 Å². The van der Waals surface area contributed by atoms with Gasteiger partial charge in [0, 0.05) is 37.0 Å². The van der Waals surface area contributed by atoms with E-state index in [1.54, 1.807) is 30.5 Å². The summed E-state index contributed by atoms with van der Waals surface area (Å²) in [7, 11) is 0. The second kappa shape index (κ2) is 14.3. The number of aromatic amines is 1. The van der Waals surface area contributed by atoms with Crippen LogP contribution in [-0.2, 0) is 25.6 Å². The van der Waals surface area contributed by atoms with Crippen molar-refractivity contribution >= 4 is 57.4 Å². The monoisotopic (exact) mass is 620 g/mol. The minimum atomic E-state index is -1.24. The number of hydrogen-bond acceptors (Lipinski definition) is 7. The largest absolute Gasteiger partial charge is 0.480 e. The molecule has 12 heteroatoms. The Kier molecular flexibility index (Phi) is 10.6. The Hall–Kier alpha value is -4.45. The molecule has 2 heterocycles. The van der Waals surface area contributed by atoms with Gasteiger partial charge in [-0.25, -0.2) is 4.79 Å². The molecule has 0 bridgehead atoms. The van der Waals surface area contributed by atoms with Crippen molar-refractivity contribution in [2.75, 3.05) is 6.54 Å². The van der Waals surface area contributed by atoms with Crippen LogP contribution in [0.5, 0.6) is 0 Å². The molecule has 0 saturated heterocycles. The van der Waals surface area contributed by atoms with Crippen LogP contribution >= 0.6 is 11.8 Å². The highest BCUT2D eigenvalue weighted by atomic mass is 32.2. The Morgan fingerprint density at radius 3 is 2.14 bits per heavy atom. The minimum Gasteiger partial charge on any atom is -0.480 e. The van der Waals surface area contributed by atoms with Gasteiger partial charge in [-0.05, 0) is 48.9 Å². The number of carbonyl (C=O) groups excluding carboxylic acids is 5. The first-order valence-electron chi connectivity index (χ1n) is 14.5. The van der Waals surface area contributed by atoms with Gasteiger partial charge in [-0.3, -0.25) is 28.9 Å². The predicted octanol–water partition coefficient (Wildman–Crippen LogP) is 3.54. The zero-order valence-electron chi connectivity index (χ0n) is 24.8. The van der Waals surface area contributed by atoms with E-state index >= 15 is 0 Å². The van der Waals surface area contributed by atoms with Crippen LogP contribution in [0.25, 0.3) is 10.9 Å². The summed E-state index contributed by atoms with van der Waals surface area (Å²) >= 11 is 0.806. The summed E-state index contributed by atoms with van der Waals surface area (Å²) in [5.74, 6) is -3.24. The highest BCUT2D eigenvalue weighted by Gasteiger charge is 2.35. The average molecular weight is 621 g/mol. The summed E-state index contributed by atoms with van der Waals surface area (Å²) < 4.78 is 0. The van der Waals surface area contributed by atoms with E-state index in [0.29, 0.717) is 11.1 Å². The third-order valence-electron chi connectivity index (χ3n) is 7.38. The number of nitrogens with one attached hydrogen (secondary N) is 3. The predicted molar refractivity (Wildman–Crippen MR) is 166 cm³/mol. The van der Waals surface area contributed by atoms with Crippen LogP contribution in [-0.4, -0.2) is 73.6 Å². The van der Waals surface area contributed by atoms with Crippen molar-refractivity contribution in [2.45, 2.75) is 63.8 Å². The van der Waals surface area contributed by atoms with Crippen LogP contribution in [0.1, 0.15) is 66.3 Å². The van der Waals surface area contributed by atoms with E-state index in [4.69, 9.17) is 0 Å². The molecular formula is C32H36N4O7S. The average Bonchev–Trinajstić information content (AvgIpc) is 3.49. The van der Waals surface area contributed by atoms with Crippen LogP contribution in [0, 0.1) is 5.92 Å². The normalized spacial score (nSPS) is 14.8. The molecule has 2 aromatic carbocycles. The summed E-state index contributed by atoms with van der Waals surface area (Å²) in [6.45, 7) is 5.14. The molecule has 3 atom stereocenters. The quantitative estimate of drug-likeness (QED) is 0.199. The van der Waals surface area contributed by atoms with E-state index in [2.05, 4.69) is 15.6 Å². The fraction of sp³-hybridized carbons (Fsp3) is 0.375. The third kappa shape index (κ3) is 7.73. The molecule has 1 aliphatic heterocycles. The van der Waals surface area contributed by atoms with E-state index in [9.17, 15) is 33.9 Å². The number of fused-ring (bicyclic) bond motifs is 2. The maximum Gasteiger partial charge on any atom is 0.326 e. The molecule has 0 spiro atoms. The first-order chi connectivity index (χ1) is 21.0. The summed E-state index contributed by atoms with van der Waals surface area (Å²) in [6, 6.07) is 11.7. The molecular weight excluding hydrogens is 584 g/mol. The number of nitrogens with zero attached hydrogens (tertiary/aromatic N) is 1. The minimum absolute atomic E-state index is 0.0179. The van der Waals surface area contributed by atoms with Crippen molar-refractivity contribution in [2.24, 2.45) is 5.92 Å². The molecule has 4 N–H and O–H groups in total. The molecule has 0 fully saturated rings. The van der Waals surface area contributed by atoms with Crippen LogP contribution in [0.4, 0.5) is 0 Å². The number of para-hydroxylation sites is 1. The molecule has 11 nitrogen and oxygen atoms in total. The van der Waals surface area contributed by atoms with Crippen LogP contribution in [0.3, 0.4) is 0 Å². The number of aliphatic carboxylic acids is 1. The number of H-pyrrole nitrogens is 1. The summed E-state index contributed by atoms with van der Waals surface area (Å²) in [5.41, 5.74) is 2.24. The lowest BCUT2D eigenvalue weighted by molar-refractivity contribution is -0.142. The molecule has 0 radical (unpaired) electrons. The number of rotatable bonds is 14. The molecule has 0 aliphatic carbocycles. The van der Waals surface area contributed by atoms with Crippen molar-refractivity contribution < 1.29 is 33.9 Å². The third-order valence-corrected chi connectivity index (χ3v) is 8.45. The molecule has 2 unspecified atom stereocenters. The number of amides is 4. The van der Waals surface area contributed by atoms with Gasteiger partial charge in [0.25, 0.3) is 11.8 Å². The molecule has 3 aromatic rings. The Morgan fingerprint density at radius 1 is 0.909 bits per heavy atom. The number of thioether (sulfide) groups is 1. The Bertz CT molecular complexity index is 1550. The highest BCUT2D eigenvalue weighted by molar-refractivity contribution is 8.14. The van der Waals surface area contributed by atoms with Gasteiger partial charge in [-0.1, -0.05) is 55.9 Å². The Labute approximate surface area is 259 Å². The lowest BCUT2D eigenvalue weighted by atomic mass is 10.0. The highest BCUT2D eigenvalue weighted by Crippen LogP contribution is 2.25. The van der Waals surface area contributed by atoms with Gasteiger partial charge in [0.15, 0.2) is 5.12 Å². The Morgan fingerprint density at radius 2 is 1.52 bits per heavy atom. The fourth-order valence-electron chi connectivity index (χ4n) is 5.28. The summed E-state index contributed by atoms with van der Waals surface area (Å²) in [4.78, 5) is 80.6. The van der Waals surface area contributed by atoms with Gasteiger partial charge in [-0.2, -0.15) is 0 Å². The van der Waals surface area contributed by atoms with Gasteiger partial charge < -0.3 is 20.7 Å². The van der Waals surface area contributed by atoms with E-state index in [1.165, 1.54) is 6.92 Å². The molecule has 1 aliphatic rings. The fourth-order valence-corrected chi connectivity index (χ4v) is 6.14. The molecule has 0 saturated carbocycles. The number of imide groups is 1. The lowest BCUT2D eigenvalue weighted by Gasteiger charge is -2.25. The Balaban J connectivity index is 1.41. The topological polar surface area (TPSA) is 166 Å². The molecule has 4 rings (SSSR count). The zero-order chi connectivity index (χ0) is 32.0. The second-order valence-electron chi connectivity index (χ2n) is 11.2. The summed E-state index contributed by atoms with van der Waals surface area (Å²) in [5, 5.41) is 14.9. The van der Waals surface area contributed by atoms with Gasteiger partial charge in [0.1, 0.15) is 12.1 Å². The second-order valence-corrected chi connectivity index (χ2v) is 12.6. The standard InChI is InChI=1S/C32H36N4O7S/c1-18(2)15-25(28(38)35-26(32(42)43)16-20-17-33-24-12-7-6-9-21(20)24)34-29(39)27(44-19(3)37)13-8-14-36-30(40)22-10-4-5-11-23(22)31(36)41/h4-7,9-12,17-18,25-27,33H,8,13-16H2,1-3H3,(H,34,39)(H,35,38)(H,42,43)/t25?,26-,27?/m0/s1. The van der Waals surface area contributed by atoms with E-state index in [0.717, 1.165) is 33.1 Å².